The smallest absolute Gasteiger partial charge is 0.244 e. The lowest BCUT2D eigenvalue weighted by Gasteiger charge is -2.17. The van der Waals surface area contributed by atoms with Crippen molar-refractivity contribution in [2.24, 2.45) is 0 Å². The van der Waals surface area contributed by atoms with Crippen molar-refractivity contribution in [1.29, 1.82) is 0 Å². The fraction of sp³-hybridized carbons (Fsp3) is 0.750. The van der Waals surface area contributed by atoms with Crippen molar-refractivity contribution in [3.05, 3.63) is 12.2 Å². The zero-order valence-corrected chi connectivity index (χ0v) is 10.3. The molecule has 0 spiro atoms. The maximum Gasteiger partial charge on any atom is 0.244 e. The van der Waals surface area contributed by atoms with Gasteiger partial charge in [-0.05, 0) is 25.6 Å². The Labute approximate surface area is 93.5 Å². The standard InChI is InChI=1S/C12H24N2O/c1-4-7-8-9-10-12(15)13-11-14(5-2)6-3/h9-10H,4-8,11H2,1-3H3,(H,13,15)/b10-9+. The number of nitrogens with zero attached hydrogens (tertiary/aromatic N) is 1. The van der Waals surface area contributed by atoms with Crippen LogP contribution >= 0.6 is 0 Å². The molecule has 0 radical (unpaired) electrons. The first-order valence-corrected chi connectivity index (χ1v) is 5.91. The van der Waals surface area contributed by atoms with Gasteiger partial charge in [0.2, 0.25) is 5.91 Å². The lowest BCUT2D eigenvalue weighted by atomic mass is 10.2. The predicted molar refractivity (Wildman–Crippen MR) is 64.6 cm³/mol. The van der Waals surface area contributed by atoms with Crippen molar-refractivity contribution < 1.29 is 4.79 Å². The highest BCUT2D eigenvalue weighted by Crippen LogP contribution is 1.94. The molecule has 0 heterocycles. The second-order valence-electron chi connectivity index (χ2n) is 3.55. The zero-order chi connectivity index (χ0) is 11.5. The van der Waals surface area contributed by atoms with Crippen molar-refractivity contribution in [3.63, 3.8) is 0 Å². The highest BCUT2D eigenvalue weighted by molar-refractivity contribution is 5.87. The van der Waals surface area contributed by atoms with Crippen LogP contribution in [0.25, 0.3) is 0 Å². The highest BCUT2D eigenvalue weighted by Gasteiger charge is 1.99. The molecule has 0 bridgehead atoms. The first-order valence-electron chi connectivity index (χ1n) is 5.91. The molecule has 15 heavy (non-hydrogen) atoms. The van der Waals surface area contributed by atoms with E-state index in [1.54, 1.807) is 6.08 Å². The molecule has 3 nitrogen and oxygen atoms in total. The molecule has 0 aliphatic rings. The number of unbranched alkanes of at least 4 members (excludes halogenated alkanes) is 2. The second-order valence-corrected chi connectivity index (χ2v) is 3.55. The average Bonchev–Trinajstić information content (AvgIpc) is 2.26. The van der Waals surface area contributed by atoms with Gasteiger partial charge in [0, 0.05) is 0 Å². The van der Waals surface area contributed by atoms with Crippen molar-refractivity contribution in [3.8, 4) is 0 Å². The Balaban J connectivity index is 3.60. The van der Waals surface area contributed by atoms with Crippen molar-refractivity contribution in [2.75, 3.05) is 19.8 Å². The van der Waals surface area contributed by atoms with Gasteiger partial charge in [0.1, 0.15) is 0 Å². The van der Waals surface area contributed by atoms with E-state index in [1.807, 2.05) is 6.08 Å². The number of hydrogen-bond acceptors (Lipinski definition) is 2. The Morgan fingerprint density at radius 1 is 1.27 bits per heavy atom. The summed E-state index contributed by atoms with van der Waals surface area (Å²) >= 11 is 0. The third-order valence-electron chi connectivity index (χ3n) is 2.36. The number of amides is 1. The topological polar surface area (TPSA) is 32.3 Å². The minimum Gasteiger partial charge on any atom is -0.340 e. The van der Waals surface area contributed by atoms with Gasteiger partial charge < -0.3 is 5.32 Å². The number of carbonyl (C=O) groups is 1. The van der Waals surface area contributed by atoms with Crippen LogP contribution in [0.5, 0.6) is 0 Å². The van der Waals surface area contributed by atoms with Crippen LogP contribution in [0.15, 0.2) is 12.2 Å². The summed E-state index contributed by atoms with van der Waals surface area (Å²) in [4.78, 5) is 13.5. The average molecular weight is 212 g/mol. The Morgan fingerprint density at radius 2 is 1.93 bits per heavy atom. The van der Waals surface area contributed by atoms with Crippen LogP contribution in [-0.4, -0.2) is 30.6 Å². The summed E-state index contributed by atoms with van der Waals surface area (Å²) in [7, 11) is 0. The summed E-state index contributed by atoms with van der Waals surface area (Å²) in [6, 6.07) is 0. The molecule has 0 aliphatic carbocycles. The fourth-order valence-electron chi connectivity index (χ4n) is 1.21. The molecule has 0 fully saturated rings. The van der Waals surface area contributed by atoms with Gasteiger partial charge in [-0.2, -0.15) is 0 Å². The van der Waals surface area contributed by atoms with Crippen LogP contribution in [-0.2, 0) is 4.79 Å². The third-order valence-corrected chi connectivity index (χ3v) is 2.36. The van der Waals surface area contributed by atoms with Crippen LogP contribution in [0, 0.1) is 0 Å². The zero-order valence-electron chi connectivity index (χ0n) is 10.3. The molecule has 0 aromatic heterocycles. The molecule has 0 unspecified atom stereocenters. The van der Waals surface area contributed by atoms with E-state index in [0.29, 0.717) is 6.67 Å². The maximum absolute atomic E-state index is 11.3. The normalized spacial score (nSPS) is 11.2. The van der Waals surface area contributed by atoms with E-state index in [2.05, 4.69) is 31.0 Å². The van der Waals surface area contributed by atoms with Gasteiger partial charge in [0.25, 0.3) is 0 Å². The molecule has 1 N–H and O–H groups in total. The van der Waals surface area contributed by atoms with Gasteiger partial charge >= 0.3 is 0 Å². The lowest BCUT2D eigenvalue weighted by Crippen LogP contribution is -2.36. The summed E-state index contributed by atoms with van der Waals surface area (Å²) in [5, 5.41) is 2.86. The summed E-state index contributed by atoms with van der Waals surface area (Å²) < 4.78 is 0. The van der Waals surface area contributed by atoms with Gasteiger partial charge in [-0.25, -0.2) is 0 Å². The Hall–Kier alpha value is -0.830. The maximum atomic E-state index is 11.3. The van der Waals surface area contributed by atoms with Crippen LogP contribution in [0.4, 0.5) is 0 Å². The summed E-state index contributed by atoms with van der Waals surface area (Å²) in [5.74, 6) is 0.0120. The van der Waals surface area contributed by atoms with Crippen LogP contribution in [0.1, 0.15) is 40.0 Å². The number of rotatable bonds is 8. The quantitative estimate of drug-likeness (QED) is 0.380. The van der Waals surface area contributed by atoms with Gasteiger partial charge in [-0.15, -0.1) is 0 Å². The Bertz CT molecular complexity index is 186. The van der Waals surface area contributed by atoms with Gasteiger partial charge in [0.15, 0.2) is 0 Å². The molecule has 0 aromatic rings. The summed E-state index contributed by atoms with van der Waals surface area (Å²) in [5.41, 5.74) is 0. The van der Waals surface area contributed by atoms with E-state index in [1.165, 1.54) is 6.42 Å². The van der Waals surface area contributed by atoms with Gasteiger partial charge in [-0.1, -0.05) is 39.7 Å². The van der Waals surface area contributed by atoms with E-state index < -0.39 is 0 Å². The van der Waals surface area contributed by atoms with E-state index in [4.69, 9.17) is 0 Å². The molecule has 0 aromatic carbocycles. The van der Waals surface area contributed by atoms with E-state index in [0.717, 1.165) is 25.9 Å². The number of nitrogens with one attached hydrogen (secondary N) is 1. The largest absolute Gasteiger partial charge is 0.340 e. The SMILES string of the molecule is CCCC/C=C/C(=O)NCN(CC)CC. The molecule has 1 amide bonds. The minimum absolute atomic E-state index is 0.0120. The van der Waals surface area contributed by atoms with Crippen molar-refractivity contribution in [1.82, 2.24) is 10.2 Å². The van der Waals surface area contributed by atoms with Gasteiger partial charge in [-0.3, -0.25) is 9.69 Å². The second kappa shape index (κ2) is 9.71. The molecule has 0 atom stereocenters. The van der Waals surface area contributed by atoms with E-state index in [9.17, 15) is 4.79 Å². The monoisotopic (exact) mass is 212 g/mol. The van der Waals surface area contributed by atoms with Crippen LogP contribution in [0.2, 0.25) is 0 Å². The molecule has 0 rings (SSSR count). The fourth-order valence-corrected chi connectivity index (χ4v) is 1.21. The molecule has 0 aliphatic heterocycles. The molecule has 88 valence electrons. The molecule has 0 saturated heterocycles. The molecule has 0 saturated carbocycles. The molecular weight excluding hydrogens is 188 g/mol. The Morgan fingerprint density at radius 3 is 2.47 bits per heavy atom. The summed E-state index contributed by atoms with van der Waals surface area (Å²) in [6.07, 6.45) is 6.90. The number of carbonyl (C=O) groups excluding carboxylic acids is 1. The van der Waals surface area contributed by atoms with E-state index in [-0.39, 0.29) is 5.91 Å². The van der Waals surface area contributed by atoms with Crippen LogP contribution in [0.3, 0.4) is 0 Å². The highest BCUT2D eigenvalue weighted by atomic mass is 16.1. The first kappa shape index (κ1) is 14.2. The first-order chi connectivity index (χ1) is 7.24. The minimum atomic E-state index is 0.0120. The third kappa shape index (κ3) is 8.18. The number of allylic oxidation sites excluding steroid dienone is 1. The molecular formula is C12H24N2O. The summed E-state index contributed by atoms with van der Waals surface area (Å²) in [6.45, 7) is 8.91. The van der Waals surface area contributed by atoms with Crippen LogP contribution < -0.4 is 5.32 Å². The van der Waals surface area contributed by atoms with E-state index >= 15 is 0 Å². The lowest BCUT2D eigenvalue weighted by molar-refractivity contribution is -0.117. The predicted octanol–water partition coefficient (Wildman–Crippen LogP) is 2.15. The Kier molecular flexibility index (Phi) is 9.18. The van der Waals surface area contributed by atoms with Crippen molar-refractivity contribution in [2.45, 2.75) is 40.0 Å². The number of hydrogen-bond donors (Lipinski definition) is 1. The van der Waals surface area contributed by atoms with Gasteiger partial charge in [0.05, 0.1) is 6.67 Å². The van der Waals surface area contributed by atoms with Crippen molar-refractivity contribution >= 4 is 5.91 Å². The molecule has 3 heteroatoms.